The molecule has 0 heterocycles. The Morgan fingerprint density at radius 1 is 1.12 bits per heavy atom. The molecule has 1 aromatic rings. The van der Waals surface area contributed by atoms with Crippen molar-refractivity contribution in [3.05, 3.63) is 55.1 Å². The van der Waals surface area contributed by atoms with Crippen molar-refractivity contribution < 1.29 is 19.1 Å². The monoisotopic (exact) mass is 346 g/mol. The lowest BCUT2D eigenvalue weighted by Gasteiger charge is -2.30. The van der Waals surface area contributed by atoms with Crippen LogP contribution in [0.3, 0.4) is 0 Å². The van der Waals surface area contributed by atoms with Crippen LogP contribution in [-0.4, -0.2) is 33.2 Å². The van der Waals surface area contributed by atoms with Crippen LogP contribution in [0.25, 0.3) is 0 Å². The van der Waals surface area contributed by atoms with Crippen LogP contribution in [0.15, 0.2) is 55.1 Å². The summed E-state index contributed by atoms with van der Waals surface area (Å²) in [6.45, 7) is 10.8. The smallest absolute Gasteiger partial charge is 0.331 e. The van der Waals surface area contributed by atoms with Gasteiger partial charge in [0.25, 0.3) is 0 Å². The van der Waals surface area contributed by atoms with Gasteiger partial charge in [-0.3, -0.25) is 0 Å². The fraction of sp³-hybridized carbons (Fsp3) is 0.368. The van der Waals surface area contributed by atoms with E-state index in [9.17, 15) is 9.59 Å². The van der Waals surface area contributed by atoms with Crippen LogP contribution in [-0.2, 0) is 19.1 Å². The second kappa shape index (κ2) is 9.88. The van der Waals surface area contributed by atoms with Crippen molar-refractivity contribution in [2.24, 2.45) is 0 Å². The molecule has 130 valence electrons. The first-order valence-corrected chi connectivity index (χ1v) is 11.2. The highest BCUT2D eigenvalue weighted by Gasteiger charge is 2.31. The number of hydrogen-bond donors (Lipinski definition) is 0. The van der Waals surface area contributed by atoms with Crippen LogP contribution in [0.1, 0.15) is 13.3 Å². The first-order chi connectivity index (χ1) is 11.4. The number of allylic oxidation sites excluding steroid dienone is 1. The van der Waals surface area contributed by atoms with Gasteiger partial charge in [0.1, 0.15) is 0 Å². The van der Waals surface area contributed by atoms with Gasteiger partial charge in [0.2, 0.25) is 0 Å². The van der Waals surface area contributed by atoms with Crippen molar-refractivity contribution in [3.8, 4) is 0 Å². The molecule has 0 N–H and O–H groups in total. The topological polar surface area (TPSA) is 52.6 Å². The maximum atomic E-state index is 11.6. The Morgan fingerprint density at radius 2 is 1.71 bits per heavy atom. The first kappa shape index (κ1) is 19.9. The SMILES string of the molecule is C=CC(CCOC(=O)/C=C/C(=O)OCC)[Si](C)(C)c1ccccc1. The number of esters is 2. The van der Waals surface area contributed by atoms with E-state index in [4.69, 9.17) is 9.47 Å². The Bertz CT molecular complexity index is 578. The highest BCUT2D eigenvalue weighted by Crippen LogP contribution is 2.26. The Balaban J connectivity index is 2.54. The summed E-state index contributed by atoms with van der Waals surface area (Å²) in [7, 11) is -1.73. The largest absolute Gasteiger partial charge is 0.463 e. The van der Waals surface area contributed by atoms with Gasteiger partial charge in [0, 0.05) is 12.2 Å². The highest BCUT2D eigenvalue weighted by atomic mass is 28.3. The minimum absolute atomic E-state index is 0.276. The van der Waals surface area contributed by atoms with Gasteiger partial charge in [-0.1, -0.05) is 54.7 Å². The van der Waals surface area contributed by atoms with Crippen LogP contribution in [0, 0.1) is 0 Å². The summed E-state index contributed by atoms with van der Waals surface area (Å²) < 4.78 is 9.88. The van der Waals surface area contributed by atoms with Crippen LogP contribution in [0.4, 0.5) is 0 Å². The van der Waals surface area contributed by atoms with Crippen molar-refractivity contribution in [1.82, 2.24) is 0 Å². The van der Waals surface area contributed by atoms with Crippen molar-refractivity contribution in [3.63, 3.8) is 0 Å². The molecule has 1 aromatic carbocycles. The third-order valence-electron chi connectivity index (χ3n) is 4.04. The van der Waals surface area contributed by atoms with Crippen LogP contribution in [0.2, 0.25) is 18.6 Å². The molecule has 1 atom stereocenters. The summed E-state index contributed by atoms with van der Waals surface area (Å²) in [6.07, 6.45) is 4.86. The molecule has 0 bridgehead atoms. The average molecular weight is 346 g/mol. The molecule has 0 amide bonds. The number of rotatable bonds is 9. The first-order valence-electron chi connectivity index (χ1n) is 8.11. The number of ether oxygens (including phenoxy) is 2. The van der Waals surface area contributed by atoms with E-state index in [1.54, 1.807) is 6.92 Å². The summed E-state index contributed by atoms with van der Waals surface area (Å²) in [5.74, 6) is -1.08. The summed E-state index contributed by atoms with van der Waals surface area (Å²) in [5, 5.41) is 1.35. The van der Waals surface area contributed by atoms with Crippen molar-refractivity contribution in [2.75, 3.05) is 13.2 Å². The van der Waals surface area contributed by atoms with Crippen molar-refractivity contribution in [1.29, 1.82) is 0 Å². The number of benzene rings is 1. The van der Waals surface area contributed by atoms with Gasteiger partial charge in [0.15, 0.2) is 0 Å². The predicted octanol–water partition coefficient (Wildman–Crippen LogP) is 3.21. The minimum Gasteiger partial charge on any atom is -0.463 e. The molecule has 1 rings (SSSR count). The Hall–Kier alpha value is -2.14. The van der Waals surface area contributed by atoms with Gasteiger partial charge in [-0.15, -0.1) is 6.58 Å². The minimum atomic E-state index is -1.73. The molecular formula is C19H26O4Si. The zero-order valence-electron chi connectivity index (χ0n) is 14.7. The highest BCUT2D eigenvalue weighted by molar-refractivity contribution is 6.91. The standard InChI is InChI=1S/C19H26O4Si/c1-5-16(24(3,4)17-10-8-7-9-11-17)14-15-23-19(21)13-12-18(20)22-6-2/h5,7-13,16H,1,6,14-15H2,2-4H3/b13-12+. The second-order valence-corrected chi connectivity index (χ2v) is 10.7. The molecule has 4 nitrogen and oxygen atoms in total. The van der Waals surface area contributed by atoms with Gasteiger partial charge < -0.3 is 9.47 Å². The summed E-state index contributed by atoms with van der Waals surface area (Å²) in [5.41, 5.74) is 0.293. The van der Waals surface area contributed by atoms with E-state index < -0.39 is 20.0 Å². The van der Waals surface area contributed by atoms with E-state index in [-0.39, 0.29) is 6.61 Å². The van der Waals surface area contributed by atoms with Gasteiger partial charge in [-0.05, 0) is 18.9 Å². The van der Waals surface area contributed by atoms with E-state index in [0.29, 0.717) is 12.1 Å². The number of hydrogen-bond acceptors (Lipinski definition) is 4. The zero-order valence-corrected chi connectivity index (χ0v) is 15.7. The van der Waals surface area contributed by atoms with Gasteiger partial charge in [-0.2, -0.15) is 0 Å². The predicted molar refractivity (Wildman–Crippen MR) is 98.9 cm³/mol. The molecule has 0 aliphatic heterocycles. The van der Waals surface area contributed by atoms with Crippen molar-refractivity contribution >= 4 is 25.2 Å². The molecule has 0 aliphatic rings. The molecule has 0 saturated carbocycles. The Kier molecular flexibility index (Phi) is 8.19. The van der Waals surface area contributed by atoms with Gasteiger partial charge in [0.05, 0.1) is 21.3 Å². The van der Waals surface area contributed by atoms with Crippen LogP contribution >= 0.6 is 0 Å². The third kappa shape index (κ3) is 6.16. The van der Waals surface area contributed by atoms with E-state index in [0.717, 1.165) is 18.6 Å². The van der Waals surface area contributed by atoms with Crippen molar-refractivity contribution in [2.45, 2.75) is 32.0 Å². The molecule has 0 aromatic heterocycles. The fourth-order valence-electron chi connectivity index (χ4n) is 2.52. The molecule has 24 heavy (non-hydrogen) atoms. The normalized spacial score (nSPS) is 12.6. The lowest BCUT2D eigenvalue weighted by molar-refractivity contribution is -0.140. The van der Waals surface area contributed by atoms with Crippen LogP contribution < -0.4 is 5.19 Å². The van der Waals surface area contributed by atoms with E-state index in [1.165, 1.54) is 5.19 Å². The molecule has 0 fully saturated rings. The third-order valence-corrected chi connectivity index (χ3v) is 8.24. The van der Waals surface area contributed by atoms with E-state index >= 15 is 0 Å². The maximum absolute atomic E-state index is 11.6. The van der Waals surface area contributed by atoms with E-state index in [2.05, 4.69) is 31.8 Å². The van der Waals surface area contributed by atoms with E-state index in [1.807, 2.05) is 24.3 Å². The lowest BCUT2D eigenvalue weighted by atomic mass is 10.3. The van der Waals surface area contributed by atoms with Crippen LogP contribution in [0.5, 0.6) is 0 Å². The Morgan fingerprint density at radius 3 is 2.25 bits per heavy atom. The molecule has 1 unspecified atom stereocenters. The summed E-state index contributed by atoms with van der Waals surface area (Å²) in [4.78, 5) is 22.7. The number of carbonyl (C=O) groups excluding carboxylic acids is 2. The lowest BCUT2D eigenvalue weighted by Crippen LogP contribution is -2.45. The molecule has 5 heteroatoms. The second-order valence-electron chi connectivity index (χ2n) is 5.97. The zero-order chi connectivity index (χ0) is 18.0. The molecule has 0 radical (unpaired) electrons. The number of carbonyl (C=O) groups is 2. The summed E-state index contributed by atoms with van der Waals surface area (Å²) >= 11 is 0. The average Bonchev–Trinajstić information content (AvgIpc) is 2.57. The fourth-order valence-corrected chi connectivity index (χ4v) is 5.42. The quantitative estimate of drug-likeness (QED) is 0.298. The molecule has 0 spiro atoms. The maximum Gasteiger partial charge on any atom is 0.331 e. The molecular weight excluding hydrogens is 320 g/mol. The van der Waals surface area contributed by atoms with Gasteiger partial charge >= 0.3 is 11.9 Å². The summed E-state index contributed by atoms with van der Waals surface area (Å²) in [6, 6.07) is 10.4. The van der Waals surface area contributed by atoms with Gasteiger partial charge in [-0.25, -0.2) is 9.59 Å². The molecule has 0 aliphatic carbocycles. The molecule has 0 saturated heterocycles. The Labute approximate surface area is 145 Å².